The first kappa shape index (κ1) is 28.8. The zero-order valence-corrected chi connectivity index (χ0v) is 22.4. The highest BCUT2D eigenvalue weighted by Gasteiger charge is 2.21. The molecule has 0 radical (unpaired) electrons. The summed E-state index contributed by atoms with van der Waals surface area (Å²) in [6, 6.07) is 3.35. The lowest BCUT2D eigenvalue weighted by Gasteiger charge is -2.21. The summed E-state index contributed by atoms with van der Waals surface area (Å²) in [5.41, 5.74) is -0.122. The molecule has 1 aromatic rings. The molecule has 34 heavy (non-hydrogen) atoms. The number of carbonyl (C=O) groups excluding carboxylic acids is 1. The molecule has 0 amide bonds. The molecule has 7 heteroatoms. The summed E-state index contributed by atoms with van der Waals surface area (Å²) in [5.74, 6) is 0.197. The lowest BCUT2D eigenvalue weighted by molar-refractivity contribution is -0.110. The van der Waals surface area contributed by atoms with Gasteiger partial charge >= 0.3 is 0 Å². The highest BCUT2D eigenvalue weighted by atomic mass is 32.2. The normalized spacial score (nSPS) is 17.4. The molecule has 2 unspecified atom stereocenters. The predicted molar refractivity (Wildman–Crippen MR) is 141 cm³/mol. The molecular formula is C27H40O5S2. The topological polar surface area (TPSA) is 91.7 Å². The fourth-order valence-electron chi connectivity index (χ4n) is 3.91. The minimum absolute atomic E-state index is 0.00585. The first-order chi connectivity index (χ1) is 16.1. The third kappa shape index (κ3) is 10.1. The summed E-state index contributed by atoms with van der Waals surface area (Å²) in [5, 5.41) is 18.5. The Morgan fingerprint density at radius 3 is 2.18 bits per heavy atom. The lowest BCUT2D eigenvalue weighted by atomic mass is 9.88. The van der Waals surface area contributed by atoms with Crippen LogP contribution in [0.15, 0.2) is 38.9 Å². The van der Waals surface area contributed by atoms with Crippen LogP contribution >= 0.6 is 11.3 Å². The number of allylic oxidation sites excluding steroid dienone is 4. The van der Waals surface area contributed by atoms with E-state index in [9.17, 15) is 18.9 Å². The molecule has 2 N–H and O–H groups in total. The van der Waals surface area contributed by atoms with Crippen LogP contribution in [0, 0.1) is 11.3 Å². The summed E-state index contributed by atoms with van der Waals surface area (Å²) >= 11 is 1.62. The molecule has 0 bridgehead atoms. The molecule has 1 aromatic heterocycles. The molecule has 2 heterocycles. The zero-order chi connectivity index (χ0) is 25.1. The average Bonchev–Trinajstić information content (AvgIpc) is 2.80. The van der Waals surface area contributed by atoms with E-state index in [2.05, 4.69) is 0 Å². The molecule has 1 aliphatic heterocycles. The van der Waals surface area contributed by atoms with Gasteiger partial charge < -0.3 is 10.2 Å². The quantitative estimate of drug-likeness (QED) is 0.323. The van der Waals surface area contributed by atoms with Gasteiger partial charge in [0.1, 0.15) is 0 Å². The van der Waals surface area contributed by atoms with Gasteiger partial charge in [0.15, 0.2) is 11.2 Å². The van der Waals surface area contributed by atoms with Crippen molar-refractivity contribution >= 4 is 27.9 Å². The number of aryl methyl sites for hydroxylation is 2. The summed E-state index contributed by atoms with van der Waals surface area (Å²) < 4.78 is 13.0. The Morgan fingerprint density at radius 2 is 1.53 bits per heavy atom. The van der Waals surface area contributed by atoms with Crippen molar-refractivity contribution in [1.82, 2.24) is 0 Å². The largest absolute Gasteiger partial charge is 0.396 e. The van der Waals surface area contributed by atoms with Gasteiger partial charge in [0.2, 0.25) is 0 Å². The van der Waals surface area contributed by atoms with Crippen molar-refractivity contribution in [1.29, 1.82) is 0 Å². The maximum absolute atomic E-state index is 13.0. The molecule has 1 aliphatic rings. The number of aliphatic hydroxyl groups excluding tert-OH is 2. The Bertz CT molecular complexity index is 958. The lowest BCUT2D eigenvalue weighted by Crippen LogP contribution is -2.16. The molecule has 5 nitrogen and oxygen atoms in total. The smallest absolute Gasteiger partial charge is 0.180 e. The van der Waals surface area contributed by atoms with E-state index in [1.54, 1.807) is 23.5 Å². The van der Waals surface area contributed by atoms with Crippen molar-refractivity contribution in [3.05, 3.63) is 54.1 Å². The second-order valence-corrected chi connectivity index (χ2v) is 13.0. The van der Waals surface area contributed by atoms with E-state index >= 15 is 0 Å². The van der Waals surface area contributed by atoms with Gasteiger partial charge in [-0.05, 0) is 87.0 Å². The van der Waals surface area contributed by atoms with Gasteiger partial charge in [-0.15, -0.1) is 11.3 Å². The van der Waals surface area contributed by atoms with Crippen LogP contribution in [0.25, 0.3) is 0 Å². The second kappa shape index (κ2) is 14.2. The molecule has 0 aliphatic carbocycles. The predicted octanol–water partition coefficient (Wildman–Crippen LogP) is 5.06. The van der Waals surface area contributed by atoms with Crippen molar-refractivity contribution in [3.63, 3.8) is 0 Å². The number of carbonyl (C=O) groups is 1. The zero-order valence-electron chi connectivity index (χ0n) is 20.8. The van der Waals surface area contributed by atoms with Crippen LogP contribution in [0.3, 0.4) is 0 Å². The Kier molecular flexibility index (Phi) is 12.1. The van der Waals surface area contributed by atoms with Crippen molar-refractivity contribution in [2.24, 2.45) is 11.3 Å². The Morgan fingerprint density at radius 1 is 0.912 bits per heavy atom. The SMILES string of the molecule is CC(CO)CCCCc1cc(=O)cc(CCC2=CC(=O)C=C(CCCCC(C)(C)CO)S2=O)s1. The van der Waals surface area contributed by atoms with Gasteiger partial charge in [-0.2, -0.15) is 0 Å². The van der Waals surface area contributed by atoms with E-state index < -0.39 is 10.8 Å². The van der Waals surface area contributed by atoms with Gasteiger partial charge in [0.25, 0.3) is 0 Å². The van der Waals surface area contributed by atoms with E-state index in [1.165, 1.54) is 12.2 Å². The van der Waals surface area contributed by atoms with Crippen LogP contribution in [-0.4, -0.2) is 33.4 Å². The van der Waals surface area contributed by atoms with Crippen LogP contribution in [0.5, 0.6) is 0 Å². The number of ketones is 1. The molecular weight excluding hydrogens is 468 g/mol. The van der Waals surface area contributed by atoms with Gasteiger partial charge in [0, 0.05) is 32.8 Å². The van der Waals surface area contributed by atoms with Crippen LogP contribution in [0.4, 0.5) is 0 Å². The first-order valence-corrected chi connectivity index (χ1v) is 14.3. The number of hydrogen-bond donors (Lipinski definition) is 2. The highest BCUT2D eigenvalue weighted by molar-refractivity contribution is 7.93. The van der Waals surface area contributed by atoms with E-state index in [0.717, 1.165) is 54.7 Å². The maximum Gasteiger partial charge on any atom is 0.180 e. The van der Waals surface area contributed by atoms with E-state index in [4.69, 9.17) is 5.11 Å². The number of rotatable bonds is 15. The Balaban J connectivity index is 1.89. The molecule has 2 rings (SSSR count). The molecule has 0 fully saturated rings. The minimum Gasteiger partial charge on any atom is -0.396 e. The summed E-state index contributed by atoms with van der Waals surface area (Å²) in [6.07, 6.45) is 11.2. The van der Waals surface area contributed by atoms with Gasteiger partial charge in [-0.25, -0.2) is 4.21 Å². The van der Waals surface area contributed by atoms with E-state index in [-0.39, 0.29) is 29.8 Å². The minimum atomic E-state index is -1.30. The Labute approximate surface area is 210 Å². The van der Waals surface area contributed by atoms with Crippen molar-refractivity contribution in [2.75, 3.05) is 13.2 Å². The monoisotopic (exact) mass is 508 g/mol. The summed E-state index contributed by atoms with van der Waals surface area (Å²) in [4.78, 5) is 27.7. The van der Waals surface area contributed by atoms with Crippen LogP contribution < -0.4 is 5.43 Å². The third-order valence-electron chi connectivity index (χ3n) is 6.21. The van der Waals surface area contributed by atoms with E-state index in [0.29, 0.717) is 35.0 Å². The van der Waals surface area contributed by atoms with Gasteiger partial charge in [-0.3, -0.25) is 9.59 Å². The second-order valence-electron chi connectivity index (χ2n) is 10.2. The van der Waals surface area contributed by atoms with Crippen LogP contribution in [-0.2, 0) is 28.4 Å². The van der Waals surface area contributed by atoms with Gasteiger partial charge in [-0.1, -0.05) is 33.6 Å². The van der Waals surface area contributed by atoms with Crippen LogP contribution in [0.2, 0.25) is 0 Å². The van der Waals surface area contributed by atoms with E-state index in [1.807, 2.05) is 20.8 Å². The molecule has 190 valence electrons. The molecule has 0 saturated heterocycles. The highest BCUT2D eigenvalue weighted by Crippen LogP contribution is 2.29. The molecule has 0 saturated carbocycles. The standard InChI is InChI=1S/C27H40O5S2/c1-20(18-28)8-4-5-9-23-14-21(30)15-24(33-23)11-12-26-17-22(31)16-25(34(26)32)10-6-7-13-27(2,3)19-29/h14-17,20,28-29H,4-13,18-19H2,1-3H3. The van der Waals surface area contributed by atoms with Crippen molar-refractivity contribution < 1.29 is 19.2 Å². The summed E-state index contributed by atoms with van der Waals surface area (Å²) in [6.45, 7) is 6.43. The number of hydrogen-bond acceptors (Lipinski definition) is 6. The number of aliphatic hydroxyl groups is 2. The van der Waals surface area contributed by atoms with Crippen molar-refractivity contribution in [2.45, 2.75) is 85.0 Å². The fraction of sp³-hybridized carbons (Fsp3) is 0.630. The molecule has 2 atom stereocenters. The average molecular weight is 509 g/mol. The fourth-order valence-corrected chi connectivity index (χ4v) is 6.45. The molecule has 0 aromatic carbocycles. The van der Waals surface area contributed by atoms with Crippen LogP contribution in [0.1, 0.15) is 81.9 Å². The Hall–Kier alpha value is -1.41. The molecule has 0 spiro atoms. The van der Waals surface area contributed by atoms with Gasteiger partial charge in [0.05, 0.1) is 10.8 Å². The first-order valence-electron chi connectivity index (χ1n) is 12.3. The third-order valence-corrected chi connectivity index (χ3v) is 8.97. The van der Waals surface area contributed by atoms with Crippen molar-refractivity contribution in [3.8, 4) is 0 Å². The summed E-state index contributed by atoms with van der Waals surface area (Å²) in [7, 11) is -1.30. The number of unbranched alkanes of at least 4 members (excludes halogenated alkanes) is 2. The maximum atomic E-state index is 13.0.